The highest BCUT2D eigenvalue weighted by atomic mass is 19.4. The van der Waals surface area contributed by atoms with Crippen molar-refractivity contribution in [2.75, 3.05) is 13.7 Å². The molecule has 27 heavy (non-hydrogen) atoms. The van der Waals surface area contributed by atoms with Gasteiger partial charge in [0.15, 0.2) is 11.5 Å². The lowest BCUT2D eigenvalue weighted by molar-refractivity contribution is -0.274. The molecule has 0 amide bonds. The third-order valence-corrected chi connectivity index (χ3v) is 4.56. The fraction of sp³-hybridized carbons (Fsp3) is 0.300. The minimum absolute atomic E-state index is 0.0468. The van der Waals surface area contributed by atoms with Gasteiger partial charge in [0.2, 0.25) is 0 Å². The molecule has 4 nitrogen and oxygen atoms in total. The summed E-state index contributed by atoms with van der Waals surface area (Å²) in [5.41, 5.74) is 2.67. The number of phenols is 1. The van der Waals surface area contributed by atoms with Gasteiger partial charge in [0, 0.05) is 13.1 Å². The molecule has 1 unspecified atom stereocenters. The molecule has 0 aliphatic carbocycles. The SMILES string of the molecule is C=CC1c2cc(O)c(OC)cc2CCN1Cc1cccc(OC(F)(F)F)c1. The third kappa shape index (κ3) is 4.36. The number of fused-ring (bicyclic) bond motifs is 1. The molecule has 7 heteroatoms. The Morgan fingerprint density at radius 3 is 2.74 bits per heavy atom. The van der Waals surface area contributed by atoms with Crippen molar-refractivity contribution < 1.29 is 27.8 Å². The summed E-state index contributed by atoms with van der Waals surface area (Å²) in [5, 5.41) is 10.1. The van der Waals surface area contributed by atoms with Crippen molar-refractivity contribution in [3.63, 3.8) is 0 Å². The Hall–Kier alpha value is -2.67. The molecule has 144 valence electrons. The first-order valence-corrected chi connectivity index (χ1v) is 8.42. The molecule has 2 aromatic rings. The van der Waals surface area contributed by atoms with E-state index >= 15 is 0 Å². The Labute approximate surface area is 155 Å². The van der Waals surface area contributed by atoms with Crippen LogP contribution in [0.25, 0.3) is 0 Å². The van der Waals surface area contributed by atoms with Crippen molar-refractivity contribution in [1.82, 2.24) is 4.90 Å². The summed E-state index contributed by atoms with van der Waals surface area (Å²) in [7, 11) is 1.50. The molecular formula is C20H20F3NO3. The maximum Gasteiger partial charge on any atom is 0.573 e. The number of phenolic OH excluding ortho intramolecular Hbond substituents is 1. The maximum atomic E-state index is 12.4. The number of hydrogen-bond acceptors (Lipinski definition) is 4. The highest BCUT2D eigenvalue weighted by molar-refractivity contribution is 5.49. The van der Waals surface area contributed by atoms with Crippen molar-refractivity contribution in [2.24, 2.45) is 0 Å². The lowest BCUT2D eigenvalue weighted by Crippen LogP contribution is -2.34. The van der Waals surface area contributed by atoms with Gasteiger partial charge in [-0.3, -0.25) is 4.90 Å². The molecule has 3 rings (SSSR count). The highest BCUT2D eigenvalue weighted by Gasteiger charge is 2.31. The van der Waals surface area contributed by atoms with Crippen molar-refractivity contribution in [2.45, 2.75) is 25.4 Å². The predicted molar refractivity (Wildman–Crippen MR) is 94.8 cm³/mol. The quantitative estimate of drug-likeness (QED) is 0.772. The molecule has 1 aliphatic rings. The molecule has 0 radical (unpaired) electrons. The van der Waals surface area contributed by atoms with Crippen LogP contribution in [0.4, 0.5) is 13.2 Å². The number of benzene rings is 2. The fourth-order valence-electron chi connectivity index (χ4n) is 3.41. The second-order valence-electron chi connectivity index (χ2n) is 6.32. The summed E-state index contributed by atoms with van der Waals surface area (Å²) in [6, 6.07) is 9.26. The first kappa shape index (κ1) is 19.1. The molecular weight excluding hydrogens is 359 g/mol. The molecule has 1 N–H and O–H groups in total. The zero-order chi connectivity index (χ0) is 19.6. The van der Waals surface area contributed by atoms with Gasteiger partial charge in [-0.05, 0) is 47.4 Å². The summed E-state index contributed by atoms with van der Waals surface area (Å²) < 4.78 is 46.5. The standard InChI is InChI=1S/C20H20F3NO3/c1-3-17-16-11-18(25)19(26-2)10-14(16)7-8-24(17)12-13-5-4-6-15(9-13)27-20(21,22)23/h3-6,9-11,17,25H,1,7-8,12H2,2H3. The van der Waals surface area contributed by atoms with Crippen LogP contribution >= 0.6 is 0 Å². The van der Waals surface area contributed by atoms with Crippen LogP contribution in [0.3, 0.4) is 0 Å². The zero-order valence-corrected chi connectivity index (χ0v) is 14.8. The lowest BCUT2D eigenvalue weighted by Gasteiger charge is -2.36. The van der Waals surface area contributed by atoms with Gasteiger partial charge in [-0.1, -0.05) is 18.2 Å². The summed E-state index contributed by atoms with van der Waals surface area (Å²) in [4.78, 5) is 2.09. The number of nitrogens with zero attached hydrogens (tertiary/aromatic N) is 1. The van der Waals surface area contributed by atoms with Crippen LogP contribution in [0.2, 0.25) is 0 Å². The molecule has 1 aliphatic heterocycles. The van der Waals surface area contributed by atoms with Crippen molar-refractivity contribution in [3.05, 3.63) is 65.7 Å². The average Bonchev–Trinajstić information content (AvgIpc) is 2.60. The normalized spacial score (nSPS) is 17.3. The largest absolute Gasteiger partial charge is 0.573 e. The van der Waals surface area contributed by atoms with E-state index < -0.39 is 6.36 Å². The summed E-state index contributed by atoms with van der Waals surface area (Å²) in [6.07, 6.45) is -2.22. The van der Waals surface area contributed by atoms with E-state index in [0.717, 1.165) is 17.5 Å². The van der Waals surface area contributed by atoms with E-state index in [1.54, 1.807) is 18.2 Å². The molecule has 1 heterocycles. The van der Waals surface area contributed by atoms with E-state index in [0.29, 0.717) is 24.4 Å². The zero-order valence-electron chi connectivity index (χ0n) is 14.8. The van der Waals surface area contributed by atoms with Crippen LogP contribution in [-0.2, 0) is 13.0 Å². The van der Waals surface area contributed by atoms with Crippen LogP contribution in [0, 0.1) is 0 Å². The number of halogens is 3. The Bertz CT molecular complexity index is 836. The van der Waals surface area contributed by atoms with Crippen molar-refractivity contribution >= 4 is 0 Å². The second kappa shape index (κ2) is 7.52. The summed E-state index contributed by atoms with van der Waals surface area (Å²) >= 11 is 0. The van der Waals surface area contributed by atoms with Gasteiger partial charge >= 0.3 is 6.36 Å². The molecule has 2 aromatic carbocycles. The Balaban J connectivity index is 1.83. The first-order chi connectivity index (χ1) is 12.8. The first-order valence-electron chi connectivity index (χ1n) is 8.42. The van der Waals surface area contributed by atoms with Crippen LogP contribution in [0.15, 0.2) is 49.1 Å². The Kier molecular flexibility index (Phi) is 5.32. The lowest BCUT2D eigenvalue weighted by atomic mass is 9.91. The van der Waals surface area contributed by atoms with Gasteiger partial charge in [0.25, 0.3) is 0 Å². The van der Waals surface area contributed by atoms with E-state index in [4.69, 9.17) is 4.74 Å². The summed E-state index contributed by atoms with van der Waals surface area (Å²) in [6.45, 7) is 5.01. The van der Waals surface area contributed by atoms with Gasteiger partial charge in [-0.2, -0.15) is 0 Å². The van der Waals surface area contributed by atoms with Gasteiger partial charge in [0.1, 0.15) is 5.75 Å². The van der Waals surface area contributed by atoms with Gasteiger partial charge in [-0.15, -0.1) is 19.8 Å². The highest BCUT2D eigenvalue weighted by Crippen LogP contribution is 2.38. The molecule has 0 saturated carbocycles. The van der Waals surface area contributed by atoms with Crippen LogP contribution in [0.1, 0.15) is 22.7 Å². The molecule has 0 fully saturated rings. The van der Waals surface area contributed by atoms with Gasteiger partial charge < -0.3 is 14.6 Å². The van der Waals surface area contributed by atoms with Crippen molar-refractivity contribution in [3.8, 4) is 17.2 Å². The predicted octanol–water partition coefficient (Wildman–Crippen LogP) is 4.58. The Morgan fingerprint density at radius 2 is 2.07 bits per heavy atom. The monoisotopic (exact) mass is 379 g/mol. The van der Waals surface area contributed by atoms with Gasteiger partial charge in [-0.25, -0.2) is 0 Å². The third-order valence-electron chi connectivity index (χ3n) is 4.56. The van der Waals surface area contributed by atoms with Crippen LogP contribution in [0.5, 0.6) is 17.2 Å². The minimum atomic E-state index is -4.72. The van der Waals surface area contributed by atoms with Gasteiger partial charge in [0.05, 0.1) is 13.2 Å². The molecule has 0 bridgehead atoms. The van der Waals surface area contributed by atoms with Crippen LogP contribution < -0.4 is 9.47 Å². The van der Waals surface area contributed by atoms with E-state index in [-0.39, 0.29) is 17.5 Å². The Morgan fingerprint density at radius 1 is 1.30 bits per heavy atom. The minimum Gasteiger partial charge on any atom is -0.504 e. The topological polar surface area (TPSA) is 41.9 Å². The second-order valence-corrected chi connectivity index (χ2v) is 6.32. The summed E-state index contributed by atoms with van der Waals surface area (Å²) in [5.74, 6) is 0.225. The van der Waals surface area contributed by atoms with Crippen molar-refractivity contribution in [1.29, 1.82) is 0 Å². The smallest absolute Gasteiger partial charge is 0.504 e. The molecule has 0 spiro atoms. The number of methoxy groups -OCH3 is 1. The number of aromatic hydroxyl groups is 1. The molecule has 0 saturated heterocycles. The fourth-order valence-corrected chi connectivity index (χ4v) is 3.41. The van der Waals surface area contributed by atoms with E-state index in [1.807, 2.05) is 6.07 Å². The number of alkyl halides is 3. The molecule has 0 aromatic heterocycles. The van der Waals surface area contributed by atoms with Crippen LogP contribution in [-0.4, -0.2) is 30.0 Å². The maximum absolute atomic E-state index is 12.4. The average molecular weight is 379 g/mol. The van der Waals surface area contributed by atoms with E-state index in [2.05, 4.69) is 16.2 Å². The van der Waals surface area contributed by atoms with E-state index in [1.165, 1.54) is 25.3 Å². The number of hydrogen-bond donors (Lipinski definition) is 1. The number of ether oxygens (including phenoxy) is 2. The van der Waals surface area contributed by atoms with E-state index in [9.17, 15) is 18.3 Å². The molecule has 1 atom stereocenters. The number of rotatable bonds is 5.